The molecule has 0 aromatic heterocycles. The van der Waals surface area contributed by atoms with Gasteiger partial charge in [0.2, 0.25) is 0 Å². The monoisotopic (exact) mass is 330 g/mol. The maximum atomic E-state index is 8.73. The molecule has 0 aromatic carbocycles. The third-order valence-electron chi connectivity index (χ3n) is 0. The normalized spacial score (nSPS) is 10.0. The summed E-state index contributed by atoms with van der Waals surface area (Å²) in [6, 6.07) is 0. The summed E-state index contributed by atoms with van der Waals surface area (Å²) in [6.45, 7) is 0. The van der Waals surface area contributed by atoms with Crippen LogP contribution in [0.3, 0.4) is 0 Å². The summed E-state index contributed by atoms with van der Waals surface area (Å²) in [6.07, 6.45) is 0. The Hall–Kier alpha value is 2.14. The van der Waals surface area contributed by atoms with Crippen molar-refractivity contribution in [3.05, 3.63) is 0 Å². The van der Waals surface area contributed by atoms with E-state index >= 15 is 0 Å². The van der Waals surface area contributed by atoms with Gasteiger partial charge in [-0.05, 0) is 0 Å². The van der Waals surface area contributed by atoms with Gasteiger partial charge in [-0.25, -0.2) is 0 Å². The van der Waals surface area contributed by atoms with Gasteiger partial charge in [-0.2, -0.15) is 0 Å². The largest absolute Gasteiger partial charge is 0.368 e. The first kappa shape index (κ1) is 11.0. The van der Waals surface area contributed by atoms with E-state index in [1.54, 1.807) is 0 Å². The van der Waals surface area contributed by atoms with Crippen molar-refractivity contribution in [1.82, 2.24) is 0 Å². The zero-order chi connectivity index (χ0) is 4.50. The van der Waals surface area contributed by atoms with Gasteiger partial charge in [-0.15, -0.1) is 0 Å². The molecule has 6 heavy (non-hydrogen) atoms. The zero-order valence-corrected chi connectivity index (χ0v) is 9.36. The molecule has 0 aliphatic rings. The van der Waals surface area contributed by atoms with Crippen molar-refractivity contribution in [2.75, 3.05) is 0 Å². The maximum Gasteiger partial charge on any atom is 0.368 e. The van der Waals surface area contributed by atoms with E-state index in [-0.39, 0.29) is 48.9 Å². The fraction of sp³-hybridized carbons (Fsp3) is 0. The molecule has 0 aromatic rings. The fourth-order valence-electron chi connectivity index (χ4n) is 0. The first-order valence-electron chi connectivity index (χ1n) is 0.632. The Bertz CT molecular complexity index is 23.0. The molecule has 0 fully saturated rings. The molecule has 0 aliphatic heterocycles. The molecule has 0 atom stereocenters. The molecule has 0 spiro atoms. The summed E-state index contributed by atoms with van der Waals surface area (Å²) in [5, 5.41) is 0. The van der Waals surface area contributed by atoms with E-state index < -0.39 is 20.1 Å². The summed E-state index contributed by atoms with van der Waals surface area (Å²) in [5.74, 6) is 0. The molecule has 0 bridgehead atoms. The van der Waals surface area contributed by atoms with Crippen molar-refractivity contribution in [3.63, 3.8) is 0 Å². The Morgan fingerprint density at radius 1 is 1.17 bits per heavy atom. The van der Waals surface area contributed by atoms with Crippen LogP contribution in [-0.4, -0.2) is 52.3 Å². The number of rotatable bonds is 0. The molecule has 6 heteroatoms. The van der Waals surface area contributed by atoms with Crippen LogP contribution in [0.5, 0.6) is 0 Å². The van der Waals surface area contributed by atoms with Crippen molar-refractivity contribution in [3.8, 4) is 0 Å². The third-order valence-corrected chi connectivity index (χ3v) is 0. The summed E-state index contributed by atoms with van der Waals surface area (Å²) in [4.78, 5) is 0. The first-order chi connectivity index (χ1) is 2.00. The topological polar surface area (TPSA) is 89.4 Å². The van der Waals surface area contributed by atoms with Crippen LogP contribution in [0.2, 0.25) is 0 Å². The number of hydrogen-bond donors (Lipinski definition) is 1. The van der Waals surface area contributed by atoms with Crippen molar-refractivity contribution >= 4 is 48.9 Å². The van der Waals surface area contributed by atoms with Gasteiger partial charge in [-0.3, -0.25) is 10.3 Å². The molecule has 4 nitrogen and oxygen atoms in total. The average molecular weight is 329 g/mol. The predicted molar refractivity (Wildman–Crippen MR) is 7.97 cm³/mol. The van der Waals surface area contributed by atoms with Crippen molar-refractivity contribution < 1.29 is 33.8 Å². The van der Waals surface area contributed by atoms with Gasteiger partial charge < -0.3 is 0 Å². The average Bonchev–Trinajstić information content (AvgIpc) is 0.722. The van der Waals surface area contributed by atoms with E-state index in [1.807, 2.05) is 0 Å². The van der Waals surface area contributed by atoms with E-state index in [1.165, 1.54) is 0 Å². The molecular formula is HBaIO4. The Kier molecular flexibility index (Phi) is 7.46. The van der Waals surface area contributed by atoms with E-state index in [0.717, 1.165) is 0 Å². The van der Waals surface area contributed by atoms with E-state index in [4.69, 9.17) is 13.7 Å². The van der Waals surface area contributed by atoms with Crippen molar-refractivity contribution in [1.29, 1.82) is 0 Å². The van der Waals surface area contributed by atoms with E-state index in [9.17, 15) is 0 Å². The minimum absolute atomic E-state index is 0. The molecule has 0 heterocycles. The second-order valence-electron chi connectivity index (χ2n) is 0.396. The first-order valence-corrected chi connectivity index (χ1v) is 4.24. The van der Waals surface area contributed by atoms with Gasteiger partial charge in [0.15, 0.2) is 0 Å². The van der Waals surface area contributed by atoms with Gasteiger partial charge >= 0.3 is 20.1 Å². The Morgan fingerprint density at radius 3 is 1.17 bits per heavy atom. The number of hydrogen-bond acceptors (Lipinski definition) is 4. The predicted octanol–water partition coefficient (Wildman–Crippen LogP) is -7.50. The minimum Gasteiger partial charge on any atom is -0.256 e. The smallest absolute Gasteiger partial charge is 0.256 e. The fourth-order valence-corrected chi connectivity index (χ4v) is 0. The third kappa shape index (κ3) is 35.4. The number of halogens is 1. The molecule has 0 amide bonds. The van der Waals surface area contributed by atoms with E-state index in [2.05, 4.69) is 0 Å². The molecule has 0 aliphatic carbocycles. The Labute approximate surface area is 81.0 Å². The van der Waals surface area contributed by atoms with Crippen LogP contribution in [0.4, 0.5) is 0 Å². The summed E-state index contributed by atoms with van der Waals surface area (Å²) < 4.78 is 33.2. The van der Waals surface area contributed by atoms with Crippen LogP contribution in [-0.2, 0) is 0 Å². The molecule has 0 rings (SSSR count). The second-order valence-corrected chi connectivity index (χ2v) is 2.66. The van der Waals surface area contributed by atoms with Crippen LogP contribution in [0.15, 0.2) is 0 Å². The summed E-state index contributed by atoms with van der Waals surface area (Å²) in [7, 11) is 0. The second kappa shape index (κ2) is 4.06. The SMILES string of the molecule is [Ba].[O-][I+3]([O-])([O-])O. The van der Waals surface area contributed by atoms with Crippen LogP contribution >= 0.6 is 0 Å². The molecule has 0 saturated heterocycles. The zero-order valence-electron chi connectivity index (χ0n) is 2.76. The maximum absolute atomic E-state index is 8.73. The molecule has 34 valence electrons. The van der Waals surface area contributed by atoms with Gasteiger partial charge in [0, 0.05) is 52.3 Å². The van der Waals surface area contributed by atoms with Gasteiger partial charge in [-0.1, -0.05) is 0 Å². The van der Waals surface area contributed by atoms with Crippen LogP contribution < -0.4 is 30.4 Å². The standard InChI is InChI=1S/Ba.HIO4/c;2-1(3,4)5/h;2H. The quantitative estimate of drug-likeness (QED) is 0.353. The molecule has 0 unspecified atom stereocenters. The minimum atomic E-state index is -5.69. The van der Waals surface area contributed by atoms with Gasteiger partial charge in [0.05, 0.1) is 0 Å². The van der Waals surface area contributed by atoms with Gasteiger partial charge in [0.1, 0.15) is 0 Å². The van der Waals surface area contributed by atoms with Crippen LogP contribution in [0.1, 0.15) is 0 Å². The summed E-state index contributed by atoms with van der Waals surface area (Å²) >= 11 is -5.69. The van der Waals surface area contributed by atoms with Crippen molar-refractivity contribution in [2.24, 2.45) is 0 Å². The Balaban J connectivity index is 0. The Morgan fingerprint density at radius 2 is 1.17 bits per heavy atom. The van der Waals surface area contributed by atoms with Crippen molar-refractivity contribution in [2.45, 2.75) is 0 Å². The summed E-state index contributed by atoms with van der Waals surface area (Å²) in [5.41, 5.74) is 0. The van der Waals surface area contributed by atoms with Crippen LogP contribution in [0, 0.1) is 0 Å². The molecular weight excluding hydrogens is 328 g/mol. The van der Waals surface area contributed by atoms with Crippen LogP contribution in [0.25, 0.3) is 0 Å². The molecule has 1 N–H and O–H groups in total. The van der Waals surface area contributed by atoms with Gasteiger partial charge in [0.25, 0.3) is 0 Å². The molecule has 0 saturated carbocycles. The molecule has 2 radical (unpaired) electrons. The van der Waals surface area contributed by atoms with E-state index in [0.29, 0.717) is 0 Å².